The Morgan fingerprint density at radius 2 is 1.91 bits per heavy atom. The molecule has 0 fully saturated rings. The van der Waals surface area contributed by atoms with Gasteiger partial charge in [0.15, 0.2) is 11.6 Å². The molecule has 1 atom stereocenters. The Labute approximate surface area is 189 Å². The van der Waals surface area contributed by atoms with Crippen molar-refractivity contribution in [3.8, 4) is 6.07 Å². The van der Waals surface area contributed by atoms with Gasteiger partial charge in [-0.25, -0.2) is 9.78 Å². The molecule has 164 valence electrons. The van der Waals surface area contributed by atoms with Gasteiger partial charge in [-0.15, -0.1) is 0 Å². The summed E-state index contributed by atoms with van der Waals surface area (Å²) in [6.07, 6.45) is 0. The van der Waals surface area contributed by atoms with E-state index in [-0.39, 0.29) is 27.9 Å². The molecule has 8 nitrogen and oxygen atoms in total. The normalized spacial score (nSPS) is 12.7. The van der Waals surface area contributed by atoms with Crippen molar-refractivity contribution in [2.45, 2.75) is 19.9 Å². The zero-order valence-electron chi connectivity index (χ0n) is 17.4. The maximum atomic E-state index is 12.6. The number of aromatic amines is 1. The molecule has 0 aliphatic heterocycles. The number of nitriles is 1. The number of imidazole rings is 1. The average Bonchev–Trinajstić information content (AvgIpc) is 3.20. The summed E-state index contributed by atoms with van der Waals surface area (Å²) >= 11 is 6.05. The minimum Gasteiger partial charge on any atom is -0.507 e. The fourth-order valence-corrected chi connectivity index (χ4v) is 3.21. The van der Waals surface area contributed by atoms with Gasteiger partial charge in [0.2, 0.25) is 0 Å². The van der Waals surface area contributed by atoms with Crippen LogP contribution in [0.5, 0.6) is 0 Å². The summed E-state index contributed by atoms with van der Waals surface area (Å²) in [5.41, 5.74) is 1.41. The number of nitrogens with one attached hydrogen (secondary N) is 2. The fourth-order valence-electron chi connectivity index (χ4n) is 2.99. The number of halogens is 1. The maximum absolute atomic E-state index is 12.6. The topological polar surface area (TPSA) is 128 Å². The van der Waals surface area contributed by atoms with Gasteiger partial charge in [0.1, 0.15) is 24.3 Å². The molecule has 0 aliphatic carbocycles. The predicted molar refractivity (Wildman–Crippen MR) is 120 cm³/mol. The molecule has 0 saturated carbocycles. The Bertz CT molecular complexity index is 1190. The molecular formula is C23H21ClN4O4. The van der Waals surface area contributed by atoms with Gasteiger partial charge in [-0.05, 0) is 30.2 Å². The van der Waals surface area contributed by atoms with E-state index in [1.807, 2.05) is 12.1 Å². The van der Waals surface area contributed by atoms with Crippen LogP contribution >= 0.6 is 11.6 Å². The van der Waals surface area contributed by atoms with Crippen LogP contribution in [0.15, 0.2) is 54.3 Å². The number of carbonyl (C=O) groups excluding carboxylic acids is 2. The largest absolute Gasteiger partial charge is 0.507 e. The van der Waals surface area contributed by atoms with E-state index in [1.54, 1.807) is 56.3 Å². The van der Waals surface area contributed by atoms with Crippen molar-refractivity contribution < 1.29 is 19.4 Å². The number of hydrogen-bond donors (Lipinski definition) is 3. The zero-order valence-corrected chi connectivity index (χ0v) is 18.2. The predicted octanol–water partition coefficient (Wildman–Crippen LogP) is 4.01. The van der Waals surface area contributed by atoms with E-state index in [1.165, 1.54) is 0 Å². The van der Waals surface area contributed by atoms with Crippen molar-refractivity contribution >= 4 is 40.1 Å². The third-order valence-electron chi connectivity index (χ3n) is 4.70. The minimum atomic E-state index is -0.983. The summed E-state index contributed by atoms with van der Waals surface area (Å²) in [4.78, 5) is 32.4. The molecule has 0 aliphatic rings. The van der Waals surface area contributed by atoms with Crippen LogP contribution in [-0.2, 0) is 9.53 Å². The third-order valence-corrected chi connectivity index (χ3v) is 5.03. The van der Waals surface area contributed by atoms with E-state index >= 15 is 0 Å². The molecule has 0 radical (unpaired) electrons. The molecule has 0 spiro atoms. The summed E-state index contributed by atoms with van der Waals surface area (Å²) < 4.78 is 5.19. The number of benzene rings is 2. The lowest BCUT2D eigenvalue weighted by Crippen LogP contribution is -2.45. The summed E-state index contributed by atoms with van der Waals surface area (Å²) in [6, 6.07) is 14.5. The molecule has 0 unspecified atom stereocenters. The van der Waals surface area contributed by atoms with Crippen LogP contribution in [0.3, 0.4) is 0 Å². The number of amides is 1. The molecular weight excluding hydrogens is 432 g/mol. The van der Waals surface area contributed by atoms with Crippen molar-refractivity contribution in [3.05, 3.63) is 70.7 Å². The first-order chi connectivity index (χ1) is 15.3. The molecule has 2 aromatic carbocycles. The number of para-hydroxylation sites is 2. The molecule has 3 rings (SSSR count). The summed E-state index contributed by atoms with van der Waals surface area (Å²) in [5.74, 6) is -1.87. The van der Waals surface area contributed by atoms with E-state index in [0.29, 0.717) is 11.0 Å². The monoisotopic (exact) mass is 452 g/mol. The molecule has 0 saturated heterocycles. The van der Waals surface area contributed by atoms with Crippen molar-refractivity contribution in [2.75, 3.05) is 6.61 Å². The van der Waals surface area contributed by atoms with Gasteiger partial charge in [0.25, 0.3) is 5.91 Å². The Morgan fingerprint density at radius 3 is 2.56 bits per heavy atom. The first-order valence-electron chi connectivity index (χ1n) is 9.81. The number of aromatic nitrogens is 2. The summed E-state index contributed by atoms with van der Waals surface area (Å²) in [7, 11) is 0. The third kappa shape index (κ3) is 5.07. The van der Waals surface area contributed by atoms with E-state index in [9.17, 15) is 20.0 Å². The molecule has 0 bridgehead atoms. The average molecular weight is 453 g/mol. The van der Waals surface area contributed by atoms with Crippen molar-refractivity contribution in [1.29, 1.82) is 5.26 Å². The second-order valence-corrected chi connectivity index (χ2v) is 7.73. The van der Waals surface area contributed by atoms with E-state index in [2.05, 4.69) is 15.3 Å². The highest BCUT2D eigenvalue weighted by Crippen LogP contribution is 2.19. The SMILES string of the molecule is CC(C)[C@H](NC(=O)c1ccccc1Cl)C(=O)OC/C(O)=C(\C#N)c1nc2ccccc2[nH]1. The maximum Gasteiger partial charge on any atom is 0.329 e. The van der Waals surface area contributed by atoms with Crippen molar-refractivity contribution in [3.63, 3.8) is 0 Å². The van der Waals surface area contributed by atoms with Crippen molar-refractivity contribution in [2.24, 2.45) is 5.92 Å². The molecule has 3 aromatic rings. The van der Waals surface area contributed by atoms with Gasteiger partial charge in [0, 0.05) is 0 Å². The van der Waals surface area contributed by atoms with E-state index in [4.69, 9.17) is 16.3 Å². The first kappa shape index (κ1) is 22.8. The number of rotatable bonds is 7. The number of hydrogen-bond acceptors (Lipinski definition) is 6. The van der Waals surface area contributed by atoms with Gasteiger partial charge < -0.3 is 20.1 Å². The van der Waals surface area contributed by atoms with Crippen LogP contribution in [0, 0.1) is 17.2 Å². The summed E-state index contributed by atoms with van der Waals surface area (Å²) in [5, 5.41) is 22.7. The van der Waals surface area contributed by atoms with Crippen molar-refractivity contribution in [1.82, 2.24) is 15.3 Å². The van der Waals surface area contributed by atoms with Gasteiger partial charge in [-0.3, -0.25) is 4.79 Å². The number of ether oxygens (including phenoxy) is 1. The number of aliphatic hydroxyl groups excluding tert-OH is 1. The van der Waals surface area contributed by atoms with Crippen LogP contribution < -0.4 is 5.32 Å². The van der Waals surface area contributed by atoms with Gasteiger partial charge >= 0.3 is 5.97 Å². The van der Waals surface area contributed by atoms with Crippen LogP contribution in [0.25, 0.3) is 16.6 Å². The lowest BCUT2D eigenvalue weighted by atomic mass is 10.0. The number of carbonyl (C=O) groups is 2. The number of aliphatic hydroxyl groups is 1. The molecule has 1 heterocycles. The minimum absolute atomic E-state index is 0.143. The Balaban J connectivity index is 1.73. The molecule has 3 N–H and O–H groups in total. The number of esters is 1. The molecule has 9 heteroatoms. The highest BCUT2D eigenvalue weighted by Gasteiger charge is 2.27. The molecule has 1 amide bonds. The number of nitrogens with zero attached hydrogens (tertiary/aromatic N) is 2. The standard InChI is InChI=1S/C23H21ClN4O4/c1-13(2)20(28-22(30)14-7-3-4-8-16(14)24)23(31)32-12-19(29)15(11-25)21-26-17-9-5-6-10-18(17)27-21/h3-10,13,20,29H,12H2,1-2H3,(H,26,27)(H,28,30)/b19-15-/t20-/m0/s1. The Hall–Kier alpha value is -3.83. The second-order valence-electron chi connectivity index (χ2n) is 7.32. The highest BCUT2D eigenvalue weighted by molar-refractivity contribution is 6.33. The van der Waals surface area contributed by atoms with Crippen LogP contribution in [-0.4, -0.2) is 39.6 Å². The Kier molecular flexibility index (Phi) is 7.13. The van der Waals surface area contributed by atoms with E-state index < -0.39 is 30.3 Å². The van der Waals surface area contributed by atoms with Gasteiger partial charge in [-0.2, -0.15) is 5.26 Å². The van der Waals surface area contributed by atoms with E-state index in [0.717, 1.165) is 0 Å². The number of H-pyrrole nitrogens is 1. The Morgan fingerprint density at radius 1 is 1.22 bits per heavy atom. The van der Waals surface area contributed by atoms with Gasteiger partial charge in [0.05, 0.1) is 21.6 Å². The highest BCUT2D eigenvalue weighted by atomic mass is 35.5. The lowest BCUT2D eigenvalue weighted by Gasteiger charge is -2.21. The molecule has 32 heavy (non-hydrogen) atoms. The first-order valence-corrected chi connectivity index (χ1v) is 10.2. The fraction of sp³-hybridized carbons (Fsp3) is 0.217. The smallest absolute Gasteiger partial charge is 0.329 e. The number of allylic oxidation sites excluding steroid dienone is 1. The number of fused-ring (bicyclic) bond motifs is 1. The summed E-state index contributed by atoms with van der Waals surface area (Å²) in [6.45, 7) is 2.93. The van der Waals surface area contributed by atoms with Crippen LogP contribution in [0.1, 0.15) is 30.0 Å². The van der Waals surface area contributed by atoms with Crippen LogP contribution in [0.2, 0.25) is 5.02 Å². The lowest BCUT2D eigenvalue weighted by molar-refractivity contribution is -0.146. The van der Waals surface area contributed by atoms with Gasteiger partial charge in [-0.1, -0.05) is 49.7 Å². The van der Waals surface area contributed by atoms with Crippen LogP contribution in [0.4, 0.5) is 0 Å². The quantitative estimate of drug-likeness (QED) is 0.282. The molecule has 1 aromatic heterocycles. The second kappa shape index (κ2) is 9.98. The zero-order chi connectivity index (χ0) is 23.3.